The lowest BCUT2D eigenvalue weighted by molar-refractivity contribution is -0.121. The van der Waals surface area contributed by atoms with Gasteiger partial charge in [-0.1, -0.05) is 36.4 Å². The van der Waals surface area contributed by atoms with E-state index >= 15 is 0 Å². The summed E-state index contributed by atoms with van der Waals surface area (Å²) in [6.07, 6.45) is 0.529. The monoisotopic (exact) mass is 615 g/mol. The third kappa shape index (κ3) is 5.83. The highest BCUT2D eigenvalue weighted by Crippen LogP contribution is 2.29. The number of ether oxygens (including phenoxy) is 2. The van der Waals surface area contributed by atoms with Crippen molar-refractivity contribution in [3.63, 3.8) is 0 Å². The van der Waals surface area contributed by atoms with Crippen LogP contribution in [0.25, 0.3) is 27.9 Å². The highest BCUT2D eigenvalue weighted by Gasteiger charge is 2.30. The molecule has 3 heterocycles. The number of fused-ring (bicyclic) bond motifs is 3. The highest BCUT2D eigenvalue weighted by molar-refractivity contribution is 7.91. The second kappa shape index (κ2) is 11.8. The zero-order chi connectivity index (χ0) is 30.8. The second-order valence-corrected chi connectivity index (χ2v) is 12.2. The number of para-hydroxylation sites is 1. The van der Waals surface area contributed by atoms with Gasteiger partial charge >= 0.3 is 6.09 Å². The summed E-state index contributed by atoms with van der Waals surface area (Å²) >= 11 is 0. The molecule has 5 aromatic rings. The van der Waals surface area contributed by atoms with Crippen LogP contribution in [0.3, 0.4) is 0 Å². The van der Waals surface area contributed by atoms with Crippen LogP contribution >= 0.6 is 0 Å². The van der Waals surface area contributed by atoms with Gasteiger partial charge in [0.15, 0.2) is 21.3 Å². The Morgan fingerprint density at radius 2 is 1.82 bits per heavy atom. The SMILES string of the molecule is COc1ccc(-c2nc3c4cccc(S(C)(=O)=O)c4nc(N[C@@H]4CN(C(=O)OCc5ccccc5)CCNC4=O)n3n2)cc1. The Bertz CT molecular complexity index is 1960. The Labute approximate surface area is 252 Å². The van der Waals surface area contributed by atoms with E-state index in [1.54, 1.807) is 43.5 Å². The van der Waals surface area contributed by atoms with Crippen molar-refractivity contribution in [2.24, 2.45) is 0 Å². The second-order valence-electron chi connectivity index (χ2n) is 10.2. The average molecular weight is 616 g/mol. The number of sulfone groups is 1. The summed E-state index contributed by atoms with van der Waals surface area (Å²) < 4.78 is 37.6. The lowest BCUT2D eigenvalue weighted by Gasteiger charge is -2.23. The number of carbonyl (C=O) groups is 2. The number of rotatable bonds is 7. The van der Waals surface area contributed by atoms with E-state index in [4.69, 9.17) is 14.5 Å². The molecule has 1 aliphatic rings. The molecule has 14 heteroatoms. The first-order chi connectivity index (χ1) is 21.2. The van der Waals surface area contributed by atoms with Gasteiger partial charge in [0.25, 0.3) is 0 Å². The van der Waals surface area contributed by atoms with Crippen molar-refractivity contribution in [3.05, 3.63) is 78.4 Å². The van der Waals surface area contributed by atoms with Crippen LogP contribution < -0.4 is 15.4 Å². The zero-order valence-corrected chi connectivity index (χ0v) is 24.7. The fourth-order valence-electron chi connectivity index (χ4n) is 4.94. The van der Waals surface area contributed by atoms with Crippen LogP contribution in [0.4, 0.5) is 10.7 Å². The highest BCUT2D eigenvalue weighted by atomic mass is 32.2. The quantitative estimate of drug-likeness (QED) is 0.279. The van der Waals surface area contributed by atoms with Crippen molar-refractivity contribution in [2.75, 3.05) is 38.3 Å². The Morgan fingerprint density at radius 3 is 2.55 bits per heavy atom. The van der Waals surface area contributed by atoms with Gasteiger partial charge in [0, 0.05) is 30.3 Å². The standard InChI is InChI=1S/C30H29N7O6S/c1-42-21-13-11-20(12-14-21)26-34-27-22-9-6-10-24(44(2,40)41)25(22)33-29(37(27)35-26)32-23-17-36(16-15-31-28(23)38)30(39)43-18-19-7-4-3-5-8-19/h3-14,23H,15-18H2,1-2H3,(H,31,38)(H,32,33)/t23-/m1/s1. The van der Waals surface area contributed by atoms with E-state index in [1.165, 1.54) is 15.5 Å². The summed E-state index contributed by atoms with van der Waals surface area (Å²) in [6.45, 7) is 0.515. The van der Waals surface area contributed by atoms with Crippen LogP contribution in [-0.2, 0) is 26.0 Å². The Balaban J connectivity index is 1.38. The number of nitrogens with zero attached hydrogens (tertiary/aromatic N) is 5. The molecule has 0 unspecified atom stereocenters. The fraction of sp³-hybridized carbons (Fsp3) is 0.233. The first kappa shape index (κ1) is 28.9. The minimum absolute atomic E-state index is 0.00554. The molecule has 1 aliphatic heterocycles. The van der Waals surface area contributed by atoms with E-state index in [2.05, 4.69) is 20.7 Å². The van der Waals surface area contributed by atoms with Crippen molar-refractivity contribution in [3.8, 4) is 17.1 Å². The predicted molar refractivity (Wildman–Crippen MR) is 162 cm³/mol. The van der Waals surface area contributed by atoms with Crippen LogP contribution in [0.15, 0.2) is 77.7 Å². The largest absolute Gasteiger partial charge is 0.497 e. The lowest BCUT2D eigenvalue weighted by Crippen LogP contribution is -2.44. The summed E-state index contributed by atoms with van der Waals surface area (Å²) in [5.74, 6) is 0.725. The number of nitrogens with one attached hydrogen (secondary N) is 2. The summed E-state index contributed by atoms with van der Waals surface area (Å²) in [5.41, 5.74) is 2.03. The Kier molecular flexibility index (Phi) is 7.74. The molecule has 226 valence electrons. The van der Waals surface area contributed by atoms with Gasteiger partial charge in [-0.15, -0.1) is 5.10 Å². The molecule has 13 nitrogen and oxygen atoms in total. The zero-order valence-electron chi connectivity index (χ0n) is 23.9. The number of methoxy groups -OCH3 is 1. The van der Waals surface area contributed by atoms with E-state index < -0.39 is 22.0 Å². The van der Waals surface area contributed by atoms with Gasteiger partial charge in [-0.3, -0.25) is 4.79 Å². The first-order valence-corrected chi connectivity index (χ1v) is 15.6. The molecule has 0 bridgehead atoms. The normalized spacial score (nSPS) is 15.5. The molecular formula is C30H29N7O6S. The average Bonchev–Trinajstić information content (AvgIpc) is 3.40. The molecule has 0 saturated carbocycles. The van der Waals surface area contributed by atoms with Crippen LogP contribution in [0.1, 0.15) is 5.56 Å². The number of benzene rings is 3. The first-order valence-electron chi connectivity index (χ1n) is 13.7. The molecule has 0 radical (unpaired) electrons. The van der Waals surface area contributed by atoms with Gasteiger partial charge in [-0.25, -0.2) is 23.2 Å². The Morgan fingerprint density at radius 1 is 1.05 bits per heavy atom. The van der Waals surface area contributed by atoms with Crippen molar-refractivity contribution in [2.45, 2.75) is 17.5 Å². The Hall–Kier alpha value is -5.24. The third-order valence-corrected chi connectivity index (χ3v) is 8.31. The molecule has 2 N–H and O–H groups in total. The number of anilines is 1. The van der Waals surface area contributed by atoms with Gasteiger partial charge in [0.1, 0.15) is 18.4 Å². The molecule has 6 rings (SSSR count). The summed E-state index contributed by atoms with van der Waals surface area (Å²) in [5, 5.41) is 11.0. The molecule has 2 aromatic heterocycles. The van der Waals surface area contributed by atoms with Gasteiger partial charge < -0.3 is 25.0 Å². The minimum atomic E-state index is -3.68. The summed E-state index contributed by atoms with van der Waals surface area (Å²) in [4.78, 5) is 37.0. The molecule has 3 aromatic carbocycles. The molecule has 44 heavy (non-hydrogen) atoms. The molecular weight excluding hydrogens is 586 g/mol. The van der Waals surface area contributed by atoms with Gasteiger partial charge in [-0.2, -0.15) is 4.52 Å². The number of amides is 2. The number of hydrogen-bond donors (Lipinski definition) is 2. The molecule has 1 atom stereocenters. The lowest BCUT2D eigenvalue weighted by atomic mass is 10.2. The molecule has 1 saturated heterocycles. The molecule has 1 fully saturated rings. The minimum Gasteiger partial charge on any atom is -0.497 e. The van der Waals surface area contributed by atoms with Gasteiger partial charge in [0.2, 0.25) is 11.9 Å². The van der Waals surface area contributed by atoms with Gasteiger partial charge in [0.05, 0.1) is 24.1 Å². The van der Waals surface area contributed by atoms with Crippen LogP contribution in [0.5, 0.6) is 5.75 Å². The van der Waals surface area contributed by atoms with Crippen molar-refractivity contribution < 1.29 is 27.5 Å². The van der Waals surface area contributed by atoms with Crippen molar-refractivity contribution >= 4 is 44.3 Å². The van der Waals surface area contributed by atoms with Gasteiger partial charge in [-0.05, 0) is 42.0 Å². The summed E-state index contributed by atoms with van der Waals surface area (Å²) in [7, 11) is -2.11. The smallest absolute Gasteiger partial charge is 0.410 e. The summed E-state index contributed by atoms with van der Waals surface area (Å²) in [6, 6.07) is 20.3. The molecule has 2 amide bonds. The van der Waals surface area contributed by atoms with Crippen LogP contribution in [-0.4, -0.2) is 83.9 Å². The van der Waals surface area contributed by atoms with E-state index in [-0.39, 0.29) is 48.5 Å². The van der Waals surface area contributed by atoms with E-state index in [0.29, 0.717) is 28.2 Å². The van der Waals surface area contributed by atoms with E-state index in [0.717, 1.165) is 11.8 Å². The maximum Gasteiger partial charge on any atom is 0.410 e. The van der Waals surface area contributed by atoms with E-state index in [1.807, 2.05) is 30.3 Å². The van der Waals surface area contributed by atoms with Crippen molar-refractivity contribution in [1.29, 1.82) is 0 Å². The number of carbonyl (C=O) groups excluding carboxylic acids is 2. The maximum absolute atomic E-state index is 13.1. The van der Waals surface area contributed by atoms with E-state index in [9.17, 15) is 18.0 Å². The number of aromatic nitrogens is 4. The van der Waals surface area contributed by atoms with Crippen LogP contribution in [0, 0.1) is 0 Å². The third-order valence-electron chi connectivity index (χ3n) is 7.18. The molecule has 0 spiro atoms. The fourth-order valence-corrected chi connectivity index (χ4v) is 5.77. The van der Waals surface area contributed by atoms with Crippen LogP contribution in [0.2, 0.25) is 0 Å². The molecule has 0 aliphatic carbocycles. The maximum atomic E-state index is 13.1. The predicted octanol–water partition coefficient (Wildman–Crippen LogP) is 2.91. The topological polar surface area (TPSA) is 157 Å². The number of hydrogen-bond acceptors (Lipinski definition) is 10. The van der Waals surface area contributed by atoms with Crippen molar-refractivity contribution in [1.82, 2.24) is 29.8 Å².